The van der Waals surface area contributed by atoms with E-state index in [0.29, 0.717) is 11.3 Å². The molecule has 4 N–H and O–H groups in total. The molecule has 0 aliphatic rings. The van der Waals surface area contributed by atoms with Gasteiger partial charge in [0, 0.05) is 5.69 Å². The smallest absolute Gasteiger partial charge is 0.239 e. The molecule has 18 heavy (non-hydrogen) atoms. The van der Waals surface area contributed by atoms with Gasteiger partial charge < -0.3 is 5.32 Å². The molecule has 94 valence electrons. The number of halogens is 2. The largest absolute Gasteiger partial charge is 0.338 e. The third kappa shape index (κ3) is 2.69. The van der Waals surface area contributed by atoms with Crippen LogP contribution in [-0.2, 0) is 0 Å². The minimum absolute atomic E-state index is 0.0621. The zero-order valence-electron chi connectivity index (χ0n) is 9.54. The van der Waals surface area contributed by atoms with E-state index in [-0.39, 0.29) is 11.8 Å². The van der Waals surface area contributed by atoms with Gasteiger partial charge in [-0.2, -0.15) is 4.98 Å². The van der Waals surface area contributed by atoms with E-state index < -0.39 is 11.6 Å². The van der Waals surface area contributed by atoms with Crippen LogP contribution in [0.15, 0.2) is 24.4 Å². The van der Waals surface area contributed by atoms with Crippen molar-refractivity contribution in [1.29, 1.82) is 0 Å². The number of hydrogen-bond donors (Lipinski definition) is 3. The summed E-state index contributed by atoms with van der Waals surface area (Å²) >= 11 is 0. The Morgan fingerprint density at radius 3 is 2.67 bits per heavy atom. The van der Waals surface area contributed by atoms with Crippen LogP contribution in [0.3, 0.4) is 0 Å². The van der Waals surface area contributed by atoms with Gasteiger partial charge in [0.1, 0.15) is 5.82 Å². The van der Waals surface area contributed by atoms with Gasteiger partial charge in [0.25, 0.3) is 0 Å². The Hall–Kier alpha value is -2.28. The molecule has 7 heteroatoms. The van der Waals surface area contributed by atoms with Gasteiger partial charge in [0.2, 0.25) is 5.95 Å². The minimum Gasteiger partial charge on any atom is -0.338 e. The predicted octanol–water partition coefficient (Wildman–Crippen LogP) is 2.09. The molecule has 0 atom stereocenters. The number of benzene rings is 1. The van der Waals surface area contributed by atoms with E-state index >= 15 is 0 Å². The van der Waals surface area contributed by atoms with Crippen molar-refractivity contribution >= 4 is 17.5 Å². The summed E-state index contributed by atoms with van der Waals surface area (Å²) in [4.78, 5) is 7.39. The number of hydrazine groups is 1. The molecule has 2 rings (SSSR count). The lowest BCUT2D eigenvalue weighted by atomic mass is 10.2. The zero-order valence-corrected chi connectivity index (χ0v) is 9.54. The van der Waals surface area contributed by atoms with E-state index in [1.54, 1.807) is 13.0 Å². The van der Waals surface area contributed by atoms with Crippen molar-refractivity contribution < 1.29 is 8.78 Å². The van der Waals surface area contributed by atoms with E-state index in [1.807, 2.05) is 0 Å². The van der Waals surface area contributed by atoms with Crippen molar-refractivity contribution in [2.75, 3.05) is 10.7 Å². The van der Waals surface area contributed by atoms with Gasteiger partial charge in [-0.1, -0.05) is 0 Å². The minimum atomic E-state index is -0.657. The van der Waals surface area contributed by atoms with Gasteiger partial charge in [0.05, 0.1) is 6.20 Å². The lowest BCUT2D eigenvalue weighted by Gasteiger charge is -2.08. The molecule has 0 spiro atoms. The molecule has 0 amide bonds. The Morgan fingerprint density at radius 1 is 1.22 bits per heavy atom. The van der Waals surface area contributed by atoms with Crippen molar-refractivity contribution in [3.05, 3.63) is 41.6 Å². The van der Waals surface area contributed by atoms with E-state index in [0.717, 1.165) is 6.20 Å². The molecular weight excluding hydrogens is 240 g/mol. The number of nitrogens with two attached hydrogens (primary N) is 1. The fourth-order valence-corrected chi connectivity index (χ4v) is 1.47. The molecule has 1 aromatic heterocycles. The van der Waals surface area contributed by atoms with Crippen LogP contribution >= 0.6 is 0 Å². The Kier molecular flexibility index (Phi) is 3.33. The molecule has 0 aliphatic carbocycles. The molecule has 0 radical (unpaired) electrons. The maximum Gasteiger partial charge on any atom is 0.239 e. The summed E-state index contributed by atoms with van der Waals surface area (Å²) < 4.78 is 26.6. The summed E-state index contributed by atoms with van der Waals surface area (Å²) in [5.74, 6) is 4.04. The molecule has 5 nitrogen and oxygen atoms in total. The predicted molar refractivity (Wildman–Crippen MR) is 64.2 cm³/mol. The SMILES string of the molecule is Cc1cc(F)cc(Nc2nc(NN)ncc2F)c1. The lowest BCUT2D eigenvalue weighted by molar-refractivity contribution is 0.618. The van der Waals surface area contributed by atoms with Crippen molar-refractivity contribution in [1.82, 2.24) is 9.97 Å². The van der Waals surface area contributed by atoms with Crippen molar-refractivity contribution in [2.24, 2.45) is 5.84 Å². The average Bonchev–Trinajstić information content (AvgIpc) is 2.30. The molecule has 0 saturated carbocycles. The molecule has 0 unspecified atom stereocenters. The Morgan fingerprint density at radius 2 is 2.00 bits per heavy atom. The lowest BCUT2D eigenvalue weighted by Crippen LogP contribution is -2.12. The van der Waals surface area contributed by atoms with Crippen LogP contribution in [0, 0.1) is 18.6 Å². The van der Waals surface area contributed by atoms with E-state index in [1.165, 1.54) is 12.1 Å². The number of hydrogen-bond acceptors (Lipinski definition) is 5. The van der Waals surface area contributed by atoms with Crippen LogP contribution < -0.4 is 16.6 Å². The summed E-state index contributed by atoms with van der Waals surface area (Å²) in [6, 6.07) is 4.28. The monoisotopic (exact) mass is 251 g/mol. The number of rotatable bonds is 3. The standard InChI is InChI=1S/C11H11F2N5/c1-6-2-7(12)4-8(3-6)16-10-9(13)5-15-11(17-10)18-14/h2-5H,14H2,1H3,(H2,15,16,17,18). The second-order valence-electron chi connectivity index (χ2n) is 3.68. The van der Waals surface area contributed by atoms with Gasteiger partial charge in [-0.3, -0.25) is 5.43 Å². The first kappa shape index (κ1) is 12.2. The van der Waals surface area contributed by atoms with Crippen LogP contribution in [0.2, 0.25) is 0 Å². The maximum absolute atomic E-state index is 13.4. The molecule has 0 fully saturated rings. The van der Waals surface area contributed by atoms with Crippen LogP contribution in [0.5, 0.6) is 0 Å². The maximum atomic E-state index is 13.4. The van der Waals surface area contributed by atoms with Gasteiger partial charge in [-0.05, 0) is 30.7 Å². The number of nitrogens with zero attached hydrogens (tertiary/aromatic N) is 2. The highest BCUT2D eigenvalue weighted by atomic mass is 19.1. The van der Waals surface area contributed by atoms with Gasteiger partial charge in [-0.15, -0.1) is 0 Å². The van der Waals surface area contributed by atoms with E-state index in [2.05, 4.69) is 20.7 Å². The highest BCUT2D eigenvalue weighted by molar-refractivity contribution is 5.58. The third-order valence-corrected chi connectivity index (χ3v) is 2.18. The fraction of sp³-hybridized carbons (Fsp3) is 0.0909. The number of nitrogens with one attached hydrogen (secondary N) is 2. The van der Waals surface area contributed by atoms with Crippen molar-refractivity contribution in [2.45, 2.75) is 6.92 Å². The summed E-state index contributed by atoms with van der Waals surface area (Å²) in [6.45, 7) is 1.73. The summed E-state index contributed by atoms with van der Waals surface area (Å²) in [6.07, 6.45) is 0.969. The number of anilines is 3. The van der Waals surface area contributed by atoms with E-state index in [9.17, 15) is 8.78 Å². The van der Waals surface area contributed by atoms with Crippen molar-refractivity contribution in [3.8, 4) is 0 Å². The number of aryl methyl sites for hydroxylation is 1. The van der Waals surface area contributed by atoms with Gasteiger partial charge >= 0.3 is 0 Å². The Labute approximate surface area is 102 Å². The first-order valence-corrected chi connectivity index (χ1v) is 5.12. The summed E-state index contributed by atoms with van der Waals surface area (Å²) in [5, 5.41) is 2.67. The highest BCUT2D eigenvalue weighted by Crippen LogP contribution is 2.20. The first-order valence-electron chi connectivity index (χ1n) is 5.12. The van der Waals surface area contributed by atoms with Crippen molar-refractivity contribution in [3.63, 3.8) is 0 Å². The molecule has 0 saturated heterocycles. The second kappa shape index (κ2) is 4.92. The Balaban J connectivity index is 2.33. The Bertz CT molecular complexity index is 553. The molecule has 0 aliphatic heterocycles. The summed E-state index contributed by atoms with van der Waals surface area (Å²) in [7, 11) is 0. The highest BCUT2D eigenvalue weighted by Gasteiger charge is 2.07. The van der Waals surface area contributed by atoms with Gasteiger partial charge in [-0.25, -0.2) is 19.6 Å². The topological polar surface area (TPSA) is 75.9 Å². The molecule has 2 aromatic rings. The van der Waals surface area contributed by atoms with Crippen LogP contribution in [0.4, 0.5) is 26.2 Å². The quantitative estimate of drug-likeness (QED) is 0.575. The molecule has 1 aromatic carbocycles. The number of nitrogen functional groups attached to an aromatic ring is 1. The van der Waals surface area contributed by atoms with Crippen LogP contribution in [0.25, 0.3) is 0 Å². The molecule has 0 bridgehead atoms. The zero-order chi connectivity index (χ0) is 13.1. The first-order chi connectivity index (χ1) is 8.58. The number of aromatic nitrogens is 2. The second-order valence-corrected chi connectivity index (χ2v) is 3.68. The third-order valence-electron chi connectivity index (χ3n) is 2.18. The van der Waals surface area contributed by atoms with Gasteiger partial charge in [0.15, 0.2) is 11.6 Å². The molecule has 1 heterocycles. The fourth-order valence-electron chi connectivity index (χ4n) is 1.47. The van der Waals surface area contributed by atoms with Crippen LogP contribution in [0.1, 0.15) is 5.56 Å². The van der Waals surface area contributed by atoms with Crippen LogP contribution in [-0.4, -0.2) is 9.97 Å². The molecular formula is C11H11F2N5. The average molecular weight is 251 g/mol. The normalized spacial score (nSPS) is 10.2. The van der Waals surface area contributed by atoms with E-state index in [4.69, 9.17) is 5.84 Å². The summed E-state index contributed by atoms with van der Waals surface area (Å²) in [5.41, 5.74) is 3.31.